The van der Waals surface area contributed by atoms with E-state index < -0.39 is 10.1 Å². The maximum atomic E-state index is 10.4. The molecule has 0 aromatic carbocycles. The van der Waals surface area contributed by atoms with E-state index in [-0.39, 0.29) is 35.3 Å². The zero-order valence-corrected chi connectivity index (χ0v) is 16.8. The fourth-order valence-electron chi connectivity index (χ4n) is 2.24. The van der Waals surface area contributed by atoms with Crippen molar-refractivity contribution < 1.29 is 42.5 Å². The Morgan fingerprint density at radius 1 is 0.762 bits per heavy atom. The van der Waals surface area contributed by atoms with Gasteiger partial charge in [-0.25, -0.2) is 8.42 Å². The van der Waals surface area contributed by atoms with Gasteiger partial charge in [0.1, 0.15) is 0 Å². The van der Waals surface area contributed by atoms with E-state index in [9.17, 15) is 13.0 Å². The van der Waals surface area contributed by atoms with Crippen LogP contribution in [0.2, 0.25) is 0 Å². The van der Waals surface area contributed by atoms with Crippen molar-refractivity contribution in [3.63, 3.8) is 0 Å². The van der Waals surface area contributed by atoms with E-state index in [0.29, 0.717) is 13.0 Å². The van der Waals surface area contributed by atoms with E-state index in [1.807, 2.05) is 0 Å². The molecular weight excluding hydrogens is 297 g/mol. The summed E-state index contributed by atoms with van der Waals surface area (Å²) in [5.41, 5.74) is 0. The number of nitrogens with one attached hydrogen (secondary N) is 1. The predicted molar refractivity (Wildman–Crippen MR) is 83.9 cm³/mol. The molecule has 0 aliphatic heterocycles. The summed E-state index contributed by atoms with van der Waals surface area (Å²) >= 11 is 0. The standard InChI is InChI=1S/C15H33NO3S.Na/c1-2-3-4-5-6-7-8-9-10-11-13-16-14-12-15-20(17,18)19;/h16H,2-15H2,1H3,(H,17,18,19);/q;+1/p-1. The smallest absolute Gasteiger partial charge is 0.748 e. The number of unbranched alkanes of at least 4 members (excludes halogenated alkanes) is 9. The summed E-state index contributed by atoms with van der Waals surface area (Å²) in [6.45, 7) is 3.79. The first-order chi connectivity index (χ1) is 9.56. The fraction of sp³-hybridized carbons (Fsp3) is 1.00. The Hall–Kier alpha value is 0.870. The van der Waals surface area contributed by atoms with E-state index in [4.69, 9.17) is 0 Å². The summed E-state index contributed by atoms with van der Waals surface area (Å²) in [6, 6.07) is 0. The molecule has 122 valence electrons. The molecule has 0 aromatic rings. The van der Waals surface area contributed by atoms with Crippen molar-refractivity contribution in [2.24, 2.45) is 0 Å². The Morgan fingerprint density at radius 2 is 1.19 bits per heavy atom. The first kappa shape index (κ1) is 24.1. The van der Waals surface area contributed by atoms with Gasteiger partial charge in [0.15, 0.2) is 0 Å². The largest absolute Gasteiger partial charge is 1.00 e. The molecule has 0 fully saturated rings. The van der Waals surface area contributed by atoms with Crippen molar-refractivity contribution in [3.05, 3.63) is 0 Å². The molecule has 0 unspecified atom stereocenters. The first-order valence-corrected chi connectivity index (χ1v) is 9.78. The minimum Gasteiger partial charge on any atom is -0.748 e. The second kappa shape index (κ2) is 17.2. The maximum Gasteiger partial charge on any atom is 1.00 e. The minimum absolute atomic E-state index is 0. The van der Waals surface area contributed by atoms with Gasteiger partial charge in [0.2, 0.25) is 0 Å². The molecule has 0 saturated carbocycles. The van der Waals surface area contributed by atoms with Gasteiger partial charge >= 0.3 is 29.6 Å². The number of rotatable bonds is 15. The van der Waals surface area contributed by atoms with Crippen LogP contribution in [0.15, 0.2) is 0 Å². The fourth-order valence-corrected chi connectivity index (χ4v) is 2.73. The van der Waals surface area contributed by atoms with Crippen LogP contribution in [0.5, 0.6) is 0 Å². The molecule has 0 heterocycles. The van der Waals surface area contributed by atoms with Gasteiger partial charge < -0.3 is 9.87 Å². The average molecular weight is 329 g/mol. The van der Waals surface area contributed by atoms with E-state index >= 15 is 0 Å². The molecule has 4 nitrogen and oxygen atoms in total. The molecule has 0 spiro atoms. The Kier molecular flexibility index (Phi) is 19.8. The van der Waals surface area contributed by atoms with Crippen molar-refractivity contribution in [2.75, 3.05) is 18.8 Å². The van der Waals surface area contributed by atoms with Crippen molar-refractivity contribution in [2.45, 2.75) is 77.6 Å². The van der Waals surface area contributed by atoms with Gasteiger partial charge in [0.25, 0.3) is 0 Å². The molecule has 1 N–H and O–H groups in total. The van der Waals surface area contributed by atoms with Crippen molar-refractivity contribution in [1.82, 2.24) is 5.32 Å². The number of hydrogen-bond donors (Lipinski definition) is 1. The van der Waals surface area contributed by atoms with Crippen molar-refractivity contribution >= 4 is 10.1 Å². The van der Waals surface area contributed by atoms with Gasteiger partial charge in [-0.1, -0.05) is 64.7 Å². The third kappa shape index (κ3) is 23.3. The van der Waals surface area contributed by atoms with E-state index in [2.05, 4.69) is 12.2 Å². The third-order valence-corrected chi connectivity index (χ3v) is 4.24. The van der Waals surface area contributed by atoms with Gasteiger partial charge in [0.05, 0.1) is 10.1 Å². The monoisotopic (exact) mass is 329 g/mol. The maximum absolute atomic E-state index is 10.4. The predicted octanol–water partition coefficient (Wildman–Crippen LogP) is 0.436. The average Bonchev–Trinajstić information content (AvgIpc) is 2.38. The Balaban J connectivity index is 0. The second-order valence-corrected chi connectivity index (χ2v) is 7.07. The Morgan fingerprint density at radius 3 is 1.67 bits per heavy atom. The normalized spacial score (nSPS) is 11.3. The zero-order chi connectivity index (χ0) is 15.1. The van der Waals surface area contributed by atoms with Gasteiger partial charge in [-0.05, 0) is 25.9 Å². The van der Waals surface area contributed by atoms with Gasteiger partial charge in [-0.15, -0.1) is 0 Å². The SMILES string of the molecule is CCCCCCCCCCCCNCCCS(=O)(=O)[O-].[Na+]. The molecule has 0 amide bonds. The van der Waals surface area contributed by atoms with Crippen LogP contribution in [0, 0.1) is 0 Å². The summed E-state index contributed by atoms with van der Waals surface area (Å²) in [6.07, 6.45) is 13.6. The summed E-state index contributed by atoms with van der Waals surface area (Å²) in [7, 11) is -4.03. The van der Waals surface area contributed by atoms with Gasteiger partial charge in [0, 0.05) is 5.75 Å². The van der Waals surface area contributed by atoms with E-state index in [1.165, 1.54) is 57.8 Å². The molecule has 0 saturated heterocycles. The van der Waals surface area contributed by atoms with Crippen LogP contribution >= 0.6 is 0 Å². The Labute approximate surface area is 153 Å². The van der Waals surface area contributed by atoms with Crippen LogP contribution in [0.25, 0.3) is 0 Å². The third-order valence-electron chi connectivity index (χ3n) is 3.45. The molecule has 0 aliphatic rings. The topological polar surface area (TPSA) is 69.2 Å². The van der Waals surface area contributed by atoms with Crippen LogP contribution in [-0.4, -0.2) is 31.8 Å². The number of hydrogen-bond acceptors (Lipinski definition) is 4. The minimum atomic E-state index is -4.03. The summed E-state index contributed by atoms with van der Waals surface area (Å²) < 4.78 is 31.1. The molecule has 0 aliphatic carbocycles. The molecule has 0 aromatic heterocycles. The Bertz CT molecular complexity index is 297. The van der Waals surface area contributed by atoms with Crippen molar-refractivity contribution in [3.8, 4) is 0 Å². The summed E-state index contributed by atoms with van der Waals surface area (Å²) in [4.78, 5) is 0. The van der Waals surface area contributed by atoms with Crippen LogP contribution < -0.4 is 34.9 Å². The van der Waals surface area contributed by atoms with Gasteiger partial charge in [-0.3, -0.25) is 0 Å². The van der Waals surface area contributed by atoms with Crippen LogP contribution in [0.4, 0.5) is 0 Å². The van der Waals surface area contributed by atoms with Crippen molar-refractivity contribution in [1.29, 1.82) is 0 Å². The summed E-state index contributed by atoms with van der Waals surface area (Å²) in [5, 5.41) is 3.18. The summed E-state index contributed by atoms with van der Waals surface area (Å²) in [5.74, 6) is -0.252. The molecule has 0 rings (SSSR count). The zero-order valence-electron chi connectivity index (χ0n) is 14.0. The first-order valence-electron chi connectivity index (χ1n) is 8.20. The van der Waals surface area contributed by atoms with Crippen LogP contribution in [0.3, 0.4) is 0 Å². The van der Waals surface area contributed by atoms with Crippen LogP contribution in [-0.2, 0) is 10.1 Å². The van der Waals surface area contributed by atoms with E-state index in [0.717, 1.165) is 13.0 Å². The quantitative estimate of drug-likeness (QED) is 0.269. The van der Waals surface area contributed by atoms with Gasteiger partial charge in [-0.2, -0.15) is 0 Å². The second-order valence-electron chi connectivity index (χ2n) is 5.55. The molecule has 6 heteroatoms. The molecule has 21 heavy (non-hydrogen) atoms. The molecule has 0 radical (unpaired) electrons. The van der Waals surface area contributed by atoms with Crippen LogP contribution in [0.1, 0.15) is 77.6 Å². The molecular formula is C15H32NNaO3S. The molecule has 0 bridgehead atoms. The molecule has 0 atom stereocenters. The van der Waals surface area contributed by atoms with E-state index in [1.54, 1.807) is 0 Å².